The van der Waals surface area contributed by atoms with Gasteiger partial charge in [0, 0.05) is 19.1 Å². The number of hydrogen-bond acceptors (Lipinski definition) is 2. The lowest BCUT2D eigenvalue weighted by Gasteiger charge is -2.27. The molecule has 1 fully saturated rings. The van der Waals surface area contributed by atoms with E-state index in [1.54, 1.807) is 14.1 Å². The van der Waals surface area contributed by atoms with Crippen LogP contribution in [0.2, 0.25) is 0 Å². The summed E-state index contributed by atoms with van der Waals surface area (Å²) in [4.78, 5) is 25.2. The lowest BCUT2D eigenvalue weighted by molar-refractivity contribution is -0.135. The number of nitrogens with zero attached hydrogens (tertiary/aromatic N) is 1. The Morgan fingerprint density at radius 3 is 2.33 bits per heavy atom. The highest BCUT2D eigenvalue weighted by Crippen LogP contribution is 2.43. The van der Waals surface area contributed by atoms with Gasteiger partial charge < -0.3 is 10.2 Å². The third-order valence-electron chi connectivity index (χ3n) is 3.47. The lowest BCUT2D eigenvalue weighted by atomic mass is 9.81. The Bertz CT molecular complexity index is 347. The number of nitrogens with one attached hydrogen (secondary N) is 1. The topological polar surface area (TPSA) is 49.4 Å². The Morgan fingerprint density at radius 1 is 1.33 bits per heavy atom. The average molecular weight is 273 g/mol. The molecular weight excluding hydrogens is 252 g/mol. The van der Waals surface area contributed by atoms with Crippen LogP contribution in [0.4, 0.5) is 0 Å². The van der Waals surface area contributed by atoms with Gasteiger partial charge in [0.05, 0.1) is 12.0 Å². The number of likely N-dealkylation sites (N-methyl/N-ethyl adjacent to an activating group) is 1. The van der Waals surface area contributed by atoms with Crippen LogP contribution in [0.1, 0.15) is 32.1 Å². The zero-order chi connectivity index (χ0) is 13.8. The van der Waals surface area contributed by atoms with Crippen LogP contribution >= 0.6 is 11.6 Å². The molecule has 1 aliphatic rings. The van der Waals surface area contributed by atoms with Gasteiger partial charge in [-0.1, -0.05) is 31.0 Å². The van der Waals surface area contributed by atoms with Crippen LogP contribution in [0, 0.1) is 5.41 Å². The molecule has 0 radical (unpaired) electrons. The van der Waals surface area contributed by atoms with Crippen molar-refractivity contribution in [3.8, 4) is 0 Å². The Labute approximate surface area is 113 Å². The zero-order valence-electron chi connectivity index (χ0n) is 11.1. The second-order valence-electron chi connectivity index (χ2n) is 5.15. The van der Waals surface area contributed by atoms with Crippen molar-refractivity contribution in [2.45, 2.75) is 32.1 Å². The number of rotatable bonds is 5. The number of halogens is 1. The van der Waals surface area contributed by atoms with E-state index in [2.05, 4.69) is 11.9 Å². The van der Waals surface area contributed by atoms with Crippen LogP contribution in [0.3, 0.4) is 0 Å². The first kappa shape index (κ1) is 15.0. The summed E-state index contributed by atoms with van der Waals surface area (Å²) in [7, 11) is 3.33. The molecule has 18 heavy (non-hydrogen) atoms. The maximum atomic E-state index is 12.2. The number of carbonyl (C=O) groups excluding carboxylic acids is 2. The Balaban J connectivity index is 2.61. The Hall–Kier alpha value is -1.03. The van der Waals surface area contributed by atoms with E-state index in [0.29, 0.717) is 11.5 Å². The molecule has 0 bridgehead atoms. The molecule has 1 saturated carbocycles. The number of hydrogen-bond donors (Lipinski definition) is 1. The van der Waals surface area contributed by atoms with Gasteiger partial charge in [0.25, 0.3) is 0 Å². The summed E-state index contributed by atoms with van der Waals surface area (Å²) in [6.07, 6.45) is 4.19. The number of allylic oxidation sites excluding steroid dienone is 1. The van der Waals surface area contributed by atoms with E-state index in [-0.39, 0.29) is 18.4 Å². The van der Waals surface area contributed by atoms with E-state index >= 15 is 0 Å². The molecule has 1 N–H and O–H groups in total. The van der Waals surface area contributed by atoms with Crippen molar-refractivity contribution >= 4 is 23.4 Å². The lowest BCUT2D eigenvalue weighted by Crippen LogP contribution is -2.43. The minimum atomic E-state index is -0.453. The molecule has 102 valence electrons. The van der Waals surface area contributed by atoms with Crippen LogP contribution in [0.5, 0.6) is 0 Å². The third kappa shape index (κ3) is 3.73. The summed E-state index contributed by atoms with van der Waals surface area (Å²) >= 11 is 5.85. The van der Waals surface area contributed by atoms with Gasteiger partial charge in [0.15, 0.2) is 0 Å². The van der Waals surface area contributed by atoms with Gasteiger partial charge in [-0.05, 0) is 19.3 Å². The predicted molar refractivity (Wildman–Crippen MR) is 72.2 cm³/mol. The molecule has 0 unspecified atom stereocenters. The SMILES string of the molecule is C=C(Cl)CC1(C(=O)NCC(=O)N(C)C)CCCC1. The van der Waals surface area contributed by atoms with Gasteiger partial charge in [-0.3, -0.25) is 9.59 Å². The number of carbonyl (C=O) groups is 2. The van der Waals surface area contributed by atoms with Gasteiger partial charge in [-0.25, -0.2) is 0 Å². The van der Waals surface area contributed by atoms with Crippen molar-refractivity contribution in [2.75, 3.05) is 20.6 Å². The van der Waals surface area contributed by atoms with Crippen LogP contribution < -0.4 is 5.32 Å². The number of amides is 2. The van der Waals surface area contributed by atoms with Crippen molar-refractivity contribution in [3.63, 3.8) is 0 Å². The third-order valence-corrected chi connectivity index (χ3v) is 3.61. The van der Waals surface area contributed by atoms with Crippen LogP contribution in [0.25, 0.3) is 0 Å². The fourth-order valence-corrected chi connectivity index (χ4v) is 2.66. The summed E-state index contributed by atoms with van der Waals surface area (Å²) in [5, 5.41) is 3.23. The Morgan fingerprint density at radius 2 is 1.89 bits per heavy atom. The van der Waals surface area contributed by atoms with Crippen LogP contribution in [-0.2, 0) is 9.59 Å². The Kier molecular flexibility index (Phi) is 5.20. The van der Waals surface area contributed by atoms with Crippen molar-refractivity contribution in [2.24, 2.45) is 5.41 Å². The van der Waals surface area contributed by atoms with Crippen molar-refractivity contribution in [1.82, 2.24) is 10.2 Å². The van der Waals surface area contributed by atoms with Gasteiger partial charge in [-0.2, -0.15) is 0 Å². The molecule has 2 amide bonds. The van der Waals surface area contributed by atoms with Crippen molar-refractivity contribution < 1.29 is 9.59 Å². The first-order valence-corrected chi connectivity index (χ1v) is 6.57. The molecule has 4 nitrogen and oxygen atoms in total. The van der Waals surface area contributed by atoms with Gasteiger partial charge >= 0.3 is 0 Å². The van der Waals surface area contributed by atoms with Gasteiger partial charge in [0.1, 0.15) is 0 Å². The molecule has 0 saturated heterocycles. The quantitative estimate of drug-likeness (QED) is 0.831. The van der Waals surface area contributed by atoms with E-state index in [1.165, 1.54) is 4.90 Å². The predicted octanol–water partition coefficient (Wildman–Crippen LogP) is 1.89. The molecule has 5 heteroatoms. The monoisotopic (exact) mass is 272 g/mol. The minimum Gasteiger partial charge on any atom is -0.347 e. The summed E-state index contributed by atoms with van der Waals surface area (Å²) < 4.78 is 0. The molecule has 0 spiro atoms. The fraction of sp³-hybridized carbons (Fsp3) is 0.692. The normalized spacial score (nSPS) is 17.3. The highest BCUT2D eigenvalue weighted by atomic mass is 35.5. The molecule has 0 atom stereocenters. The van der Waals surface area contributed by atoms with Gasteiger partial charge in [-0.15, -0.1) is 0 Å². The largest absolute Gasteiger partial charge is 0.347 e. The first-order chi connectivity index (χ1) is 8.37. The van der Waals surface area contributed by atoms with E-state index in [1.807, 2.05) is 0 Å². The average Bonchev–Trinajstić information content (AvgIpc) is 2.73. The van der Waals surface area contributed by atoms with E-state index in [0.717, 1.165) is 25.7 Å². The van der Waals surface area contributed by atoms with Crippen LogP contribution in [-0.4, -0.2) is 37.4 Å². The molecule has 1 aliphatic carbocycles. The van der Waals surface area contributed by atoms with E-state index < -0.39 is 5.41 Å². The highest BCUT2D eigenvalue weighted by Gasteiger charge is 2.41. The summed E-state index contributed by atoms with van der Waals surface area (Å²) in [6, 6.07) is 0. The first-order valence-electron chi connectivity index (χ1n) is 6.19. The second-order valence-corrected chi connectivity index (χ2v) is 5.69. The fourth-order valence-electron chi connectivity index (χ4n) is 2.40. The molecular formula is C13H21ClN2O2. The highest BCUT2D eigenvalue weighted by molar-refractivity contribution is 6.29. The summed E-state index contributed by atoms with van der Waals surface area (Å²) in [5.74, 6) is -0.182. The van der Waals surface area contributed by atoms with Crippen molar-refractivity contribution in [1.29, 1.82) is 0 Å². The molecule has 0 aromatic carbocycles. The van der Waals surface area contributed by atoms with E-state index in [9.17, 15) is 9.59 Å². The zero-order valence-corrected chi connectivity index (χ0v) is 11.8. The molecule has 0 aliphatic heterocycles. The maximum absolute atomic E-state index is 12.2. The molecule has 1 rings (SSSR count). The molecule has 0 aromatic heterocycles. The summed E-state index contributed by atoms with van der Waals surface area (Å²) in [5.41, 5.74) is -0.453. The van der Waals surface area contributed by atoms with Crippen LogP contribution in [0.15, 0.2) is 11.6 Å². The maximum Gasteiger partial charge on any atom is 0.241 e. The summed E-state index contributed by atoms with van der Waals surface area (Å²) in [6.45, 7) is 3.72. The minimum absolute atomic E-state index is 0.0440. The van der Waals surface area contributed by atoms with E-state index in [4.69, 9.17) is 11.6 Å². The van der Waals surface area contributed by atoms with Crippen molar-refractivity contribution in [3.05, 3.63) is 11.6 Å². The smallest absolute Gasteiger partial charge is 0.241 e. The second kappa shape index (κ2) is 6.23. The standard InChI is InChI=1S/C13H21ClN2O2/c1-10(14)8-13(6-4-5-7-13)12(18)15-9-11(17)16(2)3/h1,4-9H2,2-3H3,(H,15,18). The molecule has 0 heterocycles. The van der Waals surface area contributed by atoms with Gasteiger partial charge in [0.2, 0.25) is 11.8 Å². The molecule has 0 aromatic rings.